The van der Waals surface area contributed by atoms with Gasteiger partial charge in [-0.1, -0.05) is 56.3 Å². The van der Waals surface area contributed by atoms with Crippen molar-refractivity contribution in [3.05, 3.63) is 114 Å². The van der Waals surface area contributed by atoms with Crippen LogP contribution in [0.4, 0.5) is 22.7 Å². The second kappa shape index (κ2) is 13.0. The van der Waals surface area contributed by atoms with Gasteiger partial charge in [-0.25, -0.2) is 0 Å². The van der Waals surface area contributed by atoms with Crippen LogP contribution >= 0.6 is 0 Å². The topological polar surface area (TPSA) is 79.5 Å². The molecule has 6 heteroatoms. The Balaban J connectivity index is 1.33. The first-order valence-corrected chi connectivity index (χ1v) is 13.6. The Morgan fingerprint density at radius 2 is 1.40 bits per heavy atom. The van der Waals surface area contributed by atoms with Crippen molar-refractivity contribution >= 4 is 34.6 Å². The Hall–Kier alpha value is -4.58. The van der Waals surface area contributed by atoms with E-state index < -0.39 is 5.41 Å². The van der Waals surface area contributed by atoms with Crippen molar-refractivity contribution in [2.24, 2.45) is 5.41 Å². The summed E-state index contributed by atoms with van der Waals surface area (Å²) < 4.78 is 5.97. The highest BCUT2D eigenvalue weighted by Crippen LogP contribution is 2.27. The van der Waals surface area contributed by atoms with Crippen molar-refractivity contribution in [2.75, 3.05) is 22.6 Å². The van der Waals surface area contributed by atoms with Crippen LogP contribution in [0.5, 0.6) is 5.75 Å². The van der Waals surface area contributed by atoms with E-state index in [0.717, 1.165) is 34.7 Å². The molecule has 0 bridgehead atoms. The smallest absolute Gasteiger partial charge is 0.257 e. The third-order valence-corrected chi connectivity index (χ3v) is 6.79. The second-order valence-electron chi connectivity index (χ2n) is 10.6. The predicted molar refractivity (Wildman–Crippen MR) is 164 cm³/mol. The van der Waals surface area contributed by atoms with E-state index in [-0.39, 0.29) is 11.8 Å². The second-order valence-corrected chi connectivity index (χ2v) is 10.6. The van der Waals surface area contributed by atoms with E-state index in [1.807, 2.05) is 100 Å². The number of rotatable bonds is 11. The summed E-state index contributed by atoms with van der Waals surface area (Å²) in [5.41, 5.74) is 5.05. The quantitative estimate of drug-likeness (QED) is 0.169. The molecule has 0 saturated heterocycles. The fourth-order valence-electron chi connectivity index (χ4n) is 4.28. The molecule has 0 unspecified atom stereocenters. The zero-order valence-corrected chi connectivity index (χ0v) is 23.6. The van der Waals surface area contributed by atoms with Crippen LogP contribution in [0.2, 0.25) is 0 Å². The predicted octanol–water partition coefficient (Wildman–Crippen LogP) is 8.12. The van der Waals surface area contributed by atoms with Gasteiger partial charge in [-0.3, -0.25) is 9.59 Å². The molecule has 6 nitrogen and oxygen atoms in total. The van der Waals surface area contributed by atoms with Crippen molar-refractivity contribution in [2.45, 2.75) is 40.5 Å². The average Bonchev–Trinajstić information content (AvgIpc) is 2.94. The Morgan fingerprint density at radius 1 is 0.750 bits per heavy atom. The molecular formula is C34H37N3O3. The van der Waals surface area contributed by atoms with Gasteiger partial charge in [-0.15, -0.1) is 0 Å². The number of aryl methyl sites for hydroxylation is 2. The number of benzene rings is 4. The van der Waals surface area contributed by atoms with Gasteiger partial charge in [0.25, 0.3) is 5.91 Å². The lowest BCUT2D eigenvalue weighted by Crippen LogP contribution is -2.32. The number of anilines is 4. The summed E-state index contributed by atoms with van der Waals surface area (Å²) in [6, 6.07) is 30.6. The zero-order valence-electron chi connectivity index (χ0n) is 23.6. The van der Waals surface area contributed by atoms with E-state index >= 15 is 0 Å². The summed E-state index contributed by atoms with van der Waals surface area (Å²) in [5.74, 6) is 0.444. The van der Waals surface area contributed by atoms with Crippen molar-refractivity contribution in [1.29, 1.82) is 0 Å². The summed E-state index contributed by atoms with van der Waals surface area (Å²) in [5, 5.41) is 9.24. The molecule has 0 aliphatic heterocycles. The molecule has 0 aromatic heterocycles. The van der Waals surface area contributed by atoms with Crippen LogP contribution in [0, 0.1) is 19.3 Å². The number of nitrogens with one attached hydrogen (secondary N) is 3. The Kier molecular flexibility index (Phi) is 9.23. The largest absolute Gasteiger partial charge is 0.493 e. The molecule has 0 heterocycles. The van der Waals surface area contributed by atoms with E-state index in [9.17, 15) is 9.59 Å². The molecule has 4 aromatic carbocycles. The van der Waals surface area contributed by atoms with Gasteiger partial charge in [0.2, 0.25) is 5.91 Å². The van der Waals surface area contributed by atoms with Crippen molar-refractivity contribution in [3.63, 3.8) is 0 Å². The number of carbonyl (C=O) groups excluding carboxylic acids is 2. The summed E-state index contributed by atoms with van der Waals surface area (Å²) in [7, 11) is 0. The molecule has 0 radical (unpaired) electrons. The van der Waals surface area contributed by atoms with Gasteiger partial charge in [0.15, 0.2) is 0 Å². The maximum Gasteiger partial charge on any atom is 0.257 e. The van der Waals surface area contributed by atoms with E-state index in [0.29, 0.717) is 30.0 Å². The number of para-hydroxylation sites is 2. The van der Waals surface area contributed by atoms with Crippen molar-refractivity contribution in [3.8, 4) is 5.75 Å². The van der Waals surface area contributed by atoms with Gasteiger partial charge >= 0.3 is 0 Å². The highest BCUT2D eigenvalue weighted by Gasteiger charge is 2.28. The van der Waals surface area contributed by atoms with Gasteiger partial charge in [-0.05, 0) is 92.4 Å². The molecule has 4 rings (SSSR count). The summed E-state index contributed by atoms with van der Waals surface area (Å²) in [6.45, 7) is 8.41. The molecule has 0 atom stereocenters. The number of hydrogen-bond donors (Lipinski definition) is 3. The van der Waals surface area contributed by atoms with Gasteiger partial charge in [0, 0.05) is 22.5 Å². The van der Waals surface area contributed by atoms with Gasteiger partial charge < -0.3 is 20.7 Å². The van der Waals surface area contributed by atoms with Crippen LogP contribution in [-0.2, 0) is 4.79 Å². The summed E-state index contributed by atoms with van der Waals surface area (Å²) in [4.78, 5) is 26.4. The Morgan fingerprint density at radius 3 is 2.15 bits per heavy atom. The lowest BCUT2D eigenvalue weighted by Gasteiger charge is -2.24. The molecule has 0 aliphatic carbocycles. The molecule has 4 aromatic rings. The Labute approximate surface area is 236 Å². The van der Waals surface area contributed by atoms with E-state index in [1.54, 1.807) is 18.2 Å². The lowest BCUT2D eigenvalue weighted by molar-refractivity contribution is -0.124. The van der Waals surface area contributed by atoms with Gasteiger partial charge in [0.05, 0.1) is 17.9 Å². The van der Waals surface area contributed by atoms with Gasteiger partial charge in [0.1, 0.15) is 5.75 Å². The number of hydrogen-bond acceptors (Lipinski definition) is 4. The molecule has 206 valence electrons. The molecular weight excluding hydrogens is 498 g/mol. The zero-order chi connectivity index (χ0) is 28.5. The minimum absolute atomic E-state index is 0.143. The van der Waals surface area contributed by atoms with Gasteiger partial charge in [-0.2, -0.15) is 0 Å². The van der Waals surface area contributed by atoms with E-state index in [2.05, 4.69) is 22.0 Å². The number of carbonyl (C=O) groups is 2. The molecule has 0 aliphatic rings. The van der Waals surface area contributed by atoms with Crippen LogP contribution in [-0.4, -0.2) is 18.4 Å². The SMILES string of the molecule is Cc1ccc(C)c(OCCCC(C)(C)C(=O)Nc2ccccc2C(=O)Nc2ccc(Nc3ccccc3)cc2)c1. The minimum Gasteiger partial charge on any atom is -0.493 e. The first-order valence-electron chi connectivity index (χ1n) is 13.6. The van der Waals surface area contributed by atoms with Crippen LogP contribution in [0.25, 0.3) is 0 Å². The number of amides is 2. The van der Waals surface area contributed by atoms with E-state index in [1.165, 1.54) is 0 Å². The summed E-state index contributed by atoms with van der Waals surface area (Å²) >= 11 is 0. The standard InChI is InChI=1S/C34H37N3O3/c1-24-15-16-25(2)31(23-24)40-22-10-21-34(3,4)33(39)37-30-14-9-8-13-29(30)32(38)36-28-19-17-27(18-20-28)35-26-11-6-5-7-12-26/h5-9,11-20,23,35H,10,21-22H2,1-4H3,(H,36,38)(H,37,39). The normalized spacial score (nSPS) is 11.0. The molecule has 0 spiro atoms. The Bertz CT molecular complexity index is 1450. The molecule has 0 fully saturated rings. The average molecular weight is 536 g/mol. The molecule has 2 amide bonds. The summed E-state index contributed by atoms with van der Waals surface area (Å²) in [6.07, 6.45) is 1.37. The highest BCUT2D eigenvalue weighted by atomic mass is 16.5. The third-order valence-electron chi connectivity index (χ3n) is 6.79. The third kappa shape index (κ3) is 7.73. The monoisotopic (exact) mass is 535 g/mol. The fraction of sp³-hybridized carbons (Fsp3) is 0.235. The highest BCUT2D eigenvalue weighted by molar-refractivity contribution is 6.10. The fourth-order valence-corrected chi connectivity index (χ4v) is 4.28. The van der Waals surface area contributed by atoms with E-state index in [4.69, 9.17) is 4.74 Å². The number of ether oxygens (including phenoxy) is 1. The first-order chi connectivity index (χ1) is 19.2. The lowest BCUT2D eigenvalue weighted by atomic mass is 9.86. The van der Waals surface area contributed by atoms with Crippen molar-refractivity contribution < 1.29 is 14.3 Å². The van der Waals surface area contributed by atoms with Crippen molar-refractivity contribution in [1.82, 2.24) is 0 Å². The van der Waals surface area contributed by atoms with Crippen LogP contribution in [0.15, 0.2) is 97.1 Å². The molecule has 3 N–H and O–H groups in total. The molecule has 40 heavy (non-hydrogen) atoms. The maximum atomic E-state index is 13.2. The van der Waals surface area contributed by atoms with Crippen LogP contribution < -0.4 is 20.7 Å². The molecule has 0 saturated carbocycles. The van der Waals surface area contributed by atoms with Crippen LogP contribution in [0.1, 0.15) is 48.2 Å². The minimum atomic E-state index is -0.643. The first kappa shape index (κ1) is 28.4. The van der Waals surface area contributed by atoms with Crippen LogP contribution in [0.3, 0.4) is 0 Å². The maximum absolute atomic E-state index is 13.2.